The molecular formula is C13H23N3O. The van der Waals surface area contributed by atoms with Crippen LogP contribution in [0.25, 0.3) is 0 Å². The maximum Gasteiger partial charge on any atom is 0.157 e. The Morgan fingerprint density at radius 1 is 1.35 bits per heavy atom. The van der Waals surface area contributed by atoms with Crippen LogP contribution >= 0.6 is 0 Å². The summed E-state index contributed by atoms with van der Waals surface area (Å²) in [6, 6.07) is 0. The molecule has 0 saturated heterocycles. The minimum Gasteiger partial charge on any atom is -0.373 e. The van der Waals surface area contributed by atoms with Crippen molar-refractivity contribution < 1.29 is 4.74 Å². The van der Waals surface area contributed by atoms with Gasteiger partial charge in [-0.15, -0.1) is 0 Å². The van der Waals surface area contributed by atoms with Crippen LogP contribution in [0.4, 0.5) is 0 Å². The van der Waals surface area contributed by atoms with E-state index in [0.29, 0.717) is 6.54 Å². The highest BCUT2D eigenvalue weighted by Gasteiger charge is 2.14. The molecular weight excluding hydrogens is 214 g/mol. The SMILES string of the molecule is CCCc1nc(C(CCC)OC)ncc1CN. The minimum atomic E-state index is 0.00225. The molecule has 4 heteroatoms. The van der Waals surface area contributed by atoms with Crippen molar-refractivity contribution in [2.45, 2.75) is 52.2 Å². The summed E-state index contributed by atoms with van der Waals surface area (Å²) in [5.74, 6) is 0.787. The zero-order valence-corrected chi connectivity index (χ0v) is 11.1. The third-order valence-electron chi connectivity index (χ3n) is 2.80. The highest BCUT2D eigenvalue weighted by molar-refractivity contribution is 5.18. The molecule has 0 amide bonds. The maximum absolute atomic E-state index is 5.69. The Balaban J connectivity index is 2.96. The van der Waals surface area contributed by atoms with Gasteiger partial charge in [-0.3, -0.25) is 0 Å². The van der Waals surface area contributed by atoms with Gasteiger partial charge in [0.25, 0.3) is 0 Å². The molecule has 4 nitrogen and oxygen atoms in total. The fourth-order valence-electron chi connectivity index (χ4n) is 1.85. The zero-order chi connectivity index (χ0) is 12.7. The summed E-state index contributed by atoms with van der Waals surface area (Å²) in [5, 5.41) is 0. The Bertz CT molecular complexity index is 341. The van der Waals surface area contributed by atoms with Crippen LogP contribution in [0.3, 0.4) is 0 Å². The lowest BCUT2D eigenvalue weighted by Crippen LogP contribution is -2.12. The Kier molecular flexibility index (Phi) is 6.08. The van der Waals surface area contributed by atoms with Crippen LogP contribution in [0.15, 0.2) is 6.20 Å². The first-order valence-electron chi connectivity index (χ1n) is 6.34. The fraction of sp³-hybridized carbons (Fsp3) is 0.692. The van der Waals surface area contributed by atoms with Crippen LogP contribution in [-0.4, -0.2) is 17.1 Å². The number of methoxy groups -OCH3 is 1. The van der Waals surface area contributed by atoms with Gasteiger partial charge in [0.15, 0.2) is 5.82 Å². The first-order chi connectivity index (χ1) is 8.26. The van der Waals surface area contributed by atoms with Gasteiger partial charge in [-0.05, 0) is 12.8 Å². The zero-order valence-electron chi connectivity index (χ0n) is 11.1. The minimum absolute atomic E-state index is 0.00225. The van der Waals surface area contributed by atoms with E-state index in [4.69, 9.17) is 10.5 Å². The number of rotatable bonds is 7. The maximum atomic E-state index is 5.69. The molecule has 0 aromatic carbocycles. The Morgan fingerprint density at radius 3 is 2.65 bits per heavy atom. The van der Waals surface area contributed by atoms with Gasteiger partial charge in [-0.2, -0.15) is 0 Å². The van der Waals surface area contributed by atoms with Gasteiger partial charge in [-0.1, -0.05) is 26.7 Å². The lowest BCUT2D eigenvalue weighted by molar-refractivity contribution is 0.0873. The van der Waals surface area contributed by atoms with E-state index in [9.17, 15) is 0 Å². The number of hydrogen-bond donors (Lipinski definition) is 1. The number of ether oxygens (including phenoxy) is 1. The van der Waals surface area contributed by atoms with Gasteiger partial charge in [0.05, 0.1) is 0 Å². The molecule has 96 valence electrons. The number of hydrogen-bond acceptors (Lipinski definition) is 4. The lowest BCUT2D eigenvalue weighted by Gasteiger charge is -2.15. The summed E-state index contributed by atoms with van der Waals surface area (Å²) in [4.78, 5) is 8.97. The van der Waals surface area contributed by atoms with Crippen molar-refractivity contribution in [3.05, 3.63) is 23.3 Å². The quantitative estimate of drug-likeness (QED) is 0.791. The molecule has 0 saturated carbocycles. The fourth-order valence-corrected chi connectivity index (χ4v) is 1.85. The van der Waals surface area contributed by atoms with Crippen molar-refractivity contribution in [3.63, 3.8) is 0 Å². The summed E-state index contributed by atoms with van der Waals surface area (Å²) in [6.45, 7) is 4.77. The molecule has 0 radical (unpaired) electrons. The Hall–Kier alpha value is -1.00. The van der Waals surface area contributed by atoms with Gasteiger partial charge >= 0.3 is 0 Å². The van der Waals surface area contributed by atoms with Crippen molar-refractivity contribution >= 4 is 0 Å². The molecule has 1 aromatic rings. The van der Waals surface area contributed by atoms with Gasteiger partial charge in [0.2, 0.25) is 0 Å². The lowest BCUT2D eigenvalue weighted by atomic mass is 10.1. The van der Waals surface area contributed by atoms with Crippen LogP contribution < -0.4 is 5.73 Å². The van der Waals surface area contributed by atoms with Crippen LogP contribution in [0.1, 0.15) is 56.3 Å². The topological polar surface area (TPSA) is 61.0 Å². The van der Waals surface area contributed by atoms with E-state index < -0.39 is 0 Å². The van der Waals surface area contributed by atoms with E-state index in [0.717, 1.165) is 42.8 Å². The van der Waals surface area contributed by atoms with Gasteiger partial charge < -0.3 is 10.5 Å². The van der Waals surface area contributed by atoms with E-state index >= 15 is 0 Å². The summed E-state index contributed by atoms with van der Waals surface area (Å²) >= 11 is 0. The molecule has 0 bridgehead atoms. The van der Waals surface area contributed by atoms with Crippen molar-refractivity contribution in [1.29, 1.82) is 0 Å². The van der Waals surface area contributed by atoms with Gasteiger partial charge in [-0.25, -0.2) is 9.97 Å². The standard InChI is InChI=1S/C13H23N3O/c1-4-6-11-10(8-14)9-15-13(16-11)12(17-3)7-5-2/h9,12H,4-8,14H2,1-3H3. The molecule has 0 aliphatic rings. The van der Waals surface area contributed by atoms with E-state index in [2.05, 4.69) is 23.8 Å². The largest absolute Gasteiger partial charge is 0.373 e. The highest BCUT2D eigenvalue weighted by atomic mass is 16.5. The second kappa shape index (κ2) is 7.35. The van der Waals surface area contributed by atoms with Crippen molar-refractivity contribution in [3.8, 4) is 0 Å². The molecule has 0 aliphatic heterocycles. The third-order valence-corrected chi connectivity index (χ3v) is 2.80. The first kappa shape index (κ1) is 14.1. The van der Waals surface area contributed by atoms with E-state index in [1.165, 1.54) is 0 Å². The monoisotopic (exact) mass is 237 g/mol. The Labute approximate surface area is 104 Å². The number of aryl methyl sites for hydroxylation is 1. The second-order valence-electron chi connectivity index (χ2n) is 4.17. The molecule has 2 N–H and O–H groups in total. The van der Waals surface area contributed by atoms with Crippen LogP contribution in [-0.2, 0) is 17.7 Å². The Morgan fingerprint density at radius 2 is 2.12 bits per heavy atom. The predicted molar refractivity (Wildman–Crippen MR) is 68.6 cm³/mol. The molecule has 17 heavy (non-hydrogen) atoms. The molecule has 0 fully saturated rings. The number of nitrogens with zero attached hydrogens (tertiary/aromatic N) is 2. The highest BCUT2D eigenvalue weighted by Crippen LogP contribution is 2.19. The van der Waals surface area contributed by atoms with E-state index in [1.54, 1.807) is 7.11 Å². The average molecular weight is 237 g/mol. The molecule has 1 atom stereocenters. The van der Waals surface area contributed by atoms with Crippen LogP contribution in [0.5, 0.6) is 0 Å². The van der Waals surface area contributed by atoms with Crippen molar-refractivity contribution in [2.24, 2.45) is 5.73 Å². The smallest absolute Gasteiger partial charge is 0.157 e. The molecule has 1 heterocycles. The van der Waals surface area contributed by atoms with Crippen LogP contribution in [0.2, 0.25) is 0 Å². The summed E-state index contributed by atoms with van der Waals surface area (Å²) in [5.41, 5.74) is 7.80. The van der Waals surface area contributed by atoms with Crippen molar-refractivity contribution in [1.82, 2.24) is 9.97 Å². The summed E-state index contributed by atoms with van der Waals surface area (Å²) in [6.07, 6.45) is 5.87. The summed E-state index contributed by atoms with van der Waals surface area (Å²) < 4.78 is 5.43. The third kappa shape index (κ3) is 3.75. The van der Waals surface area contributed by atoms with E-state index in [1.807, 2.05) is 6.20 Å². The average Bonchev–Trinajstić information content (AvgIpc) is 2.36. The van der Waals surface area contributed by atoms with Crippen LogP contribution in [0, 0.1) is 0 Å². The van der Waals surface area contributed by atoms with Gasteiger partial charge in [0.1, 0.15) is 6.10 Å². The van der Waals surface area contributed by atoms with Gasteiger partial charge in [0, 0.05) is 31.1 Å². The number of aromatic nitrogens is 2. The van der Waals surface area contributed by atoms with Crippen molar-refractivity contribution in [2.75, 3.05) is 7.11 Å². The van der Waals surface area contributed by atoms with E-state index in [-0.39, 0.29) is 6.10 Å². The molecule has 1 rings (SSSR count). The second-order valence-corrected chi connectivity index (χ2v) is 4.17. The predicted octanol–water partition coefficient (Wildman–Crippen LogP) is 2.38. The molecule has 0 aliphatic carbocycles. The first-order valence-corrected chi connectivity index (χ1v) is 6.34. The molecule has 1 unspecified atom stereocenters. The molecule has 1 aromatic heterocycles. The normalized spacial score (nSPS) is 12.7. The number of nitrogens with two attached hydrogens (primary N) is 1. The summed E-state index contributed by atoms with van der Waals surface area (Å²) in [7, 11) is 1.71. The molecule has 0 spiro atoms.